The number of aliphatic hydroxyl groups is 1. The van der Waals surface area contributed by atoms with Crippen LogP contribution in [0, 0.1) is 6.92 Å². The van der Waals surface area contributed by atoms with Crippen molar-refractivity contribution in [1.29, 1.82) is 0 Å². The SMILES string of the molecule is Cc1cccc(C2/C(=C(/O)c3ccc4c(c3)CC(C)O4)C(=O)C(=O)N2c2cccc(OC(F)(F)F)c2)c1. The summed E-state index contributed by atoms with van der Waals surface area (Å²) in [5.74, 6) is -2.16. The number of benzene rings is 3. The van der Waals surface area contributed by atoms with Gasteiger partial charge in [-0.1, -0.05) is 35.9 Å². The van der Waals surface area contributed by atoms with E-state index in [-0.39, 0.29) is 23.1 Å². The number of aryl methyl sites for hydroxylation is 1. The van der Waals surface area contributed by atoms with E-state index in [0.29, 0.717) is 23.3 Å². The third-order valence-corrected chi connectivity index (χ3v) is 6.30. The lowest BCUT2D eigenvalue weighted by Crippen LogP contribution is -2.29. The molecule has 3 aromatic carbocycles. The Kier molecular flexibility index (Phi) is 5.94. The van der Waals surface area contributed by atoms with Crippen molar-refractivity contribution < 1.29 is 37.3 Å². The summed E-state index contributed by atoms with van der Waals surface area (Å²) in [6, 6.07) is 15.8. The number of hydrogen-bond acceptors (Lipinski definition) is 5. The molecule has 190 valence electrons. The Bertz CT molecular complexity index is 1450. The number of carbonyl (C=O) groups is 2. The molecule has 2 aliphatic heterocycles. The predicted molar refractivity (Wildman–Crippen MR) is 129 cm³/mol. The molecule has 0 aromatic heterocycles. The topological polar surface area (TPSA) is 76.1 Å². The van der Waals surface area contributed by atoms with Crippen molar-refractivity contribution in [1.82, 2.24) is 0 Å². The normalized spacial score (nSPS) is 20.6. The van der Waals surface area contributed by atoms with E-state index in [4.69, 9.17) is 4.74 Å². The lowest BCUT2D eigenvalue weighted by atomic mass is 9.93. The molecule has 6 nitrogen and oxygen atoms in total. The average Bonchev–Trinajstić information content (AvgIpc) is 3.33. The zero-order chi connectivity index (χ0) is 26.5. The first-order chi connectivity index (χ1) is 17.5. The Morgan fingerprint density at radius 3 is 2.54 bits per heavy atom. The van der Waals surface area contributed by atoms with Crippen molar-refractivity contribution in [3.8, 4) is 11.5 Å². The molecule has 9 heteroatoms. The van der Waals surface area contributed by atoms with Crippen LogP contribution in [0.4, 0.5) is 18.9 Å². The number of ether oxygens (including phenoxy) is 2. The number of anilines is 1. The maximum atomic E-state index is 13.3. The molecule has 2 unspecified atom stereocenters. The van der Waals surface area contributed by atoms with E-state index >= 15 is 0 Å². The smallest absolute Gasteiger partial charge is 0.507 e. The second-order valence-corrected chi connectivity index (χ2v) is 9.08. The van der Waals surface area contributed by atoms with Crippen LogP contribution in [0.1, 0.15) is 35.2 Å². The van der Waals surface area contributed by atoms with E-state index < -0.39 is 29.8 Å². The van der Waals surface area contributed by atoms with E-state index in [1.165, 1.54) is 12.1 Å². The van der Waals surface area contributed by atoms with Gasteiger partial charge in [0.15, 0.2) is 0 Å². The summed E-state index contributed by atoms with van der Waals surface area (Å²) in [6.45, 7) is 3.74. The van der Waals surface area contributed by atoms with Gasteiger partial charge < -0.3 is 14.6 Å². The lowest BCUT2D eigenvalue weighted by molar-refractivity contribution is -0.274. The fourth-order valence-corrected chi connectivity index (χ4v) is 4.81. The number of carbonyl (C=O) groups excluding carboxylic acids is 2. The Hall–Kier alpha value is -4.27. The molecule has 1 fully saturated rings. The molecule has 3 aromatic rings. The molecular formula is C28H22F3NO5. The molecule has 1 N–H and O–H groups in total. The van der Waals surface area contributed by atoms with Gasteiger partial charge in [-0.15, -0.1) is 13.2 Å². The summed E-state index contributed by atoms with van der Waals surface area (Å²) in [4.78, 5) is 27.7. The van der Waals surface area contributed by atoms with Gasteiger partial charge in [0.25, 0.3) is 11.7 Å². The van der Waals surface area contributed by atoms with Crippen molar-refractivity contribution in [2.45, 2.75) is 38.8 Å². The van der Waals surface area contributed by atoms with Crippen LogP contribution in [-0.4, -0.2) is 29.3 Å². The second-order valence-electron chi connectivity index (χ2n) is 9.08. The highest BCUT2D eigenvalue weighted by Gasteiger charge is 2.47. The Morgan fingerprint density at radius 1 is 1.05 bits per heavy atom. The van der Waals surface area contributed by atoms with E-state index in [1.54, 1.807) is 36.4 Å². The maximum Gasteiger partial charge on any atom is 0.573 e. The minimum Gasteiger partial charge on any atom is -0.507 e. The zero-order valence-corrected chi connectivity index (χ0v) is 19.9. The first-order valence-corrected chi connectivity index (χ1v) is 11.5. The van der Waals surface area contributed by atoms with Crippen molar-refractivity contribution in [3.63, 3.8) is 0 Å². The number of ketones is 1. The number of hydrogen-bond donors (Lipinski definition) is 1. The second kappa shape index (κ2) is 8.99. The van der Waals surface area contributed by atoms with Gasteiger partial charge in [0, 0.05) is 23.7 Å². The van der Waals surface area contributed by atoms with Crippen molar-refractivity contribution in [3.05, 3.63) is 94.6 Å². The Balaban J connectivity index is 1.66. The van der Waals surface area contributed by atoms with Crippen LogP contribution < -0.4 is 14.4 Å². The van der Waals surface area contributed by atoms with Gasteiger partial charge in [-0.3, -0.25) is 14.5 Å². The first-order valence-electron chi connectivity index (χ1n) is 11.5. The minimum absolute atomic E-state index is 0.0191. The number of Topliss-reactive ketones (excluding diaryl/α,β-unsaturated/α-hetero) is 1. The molecule has 37 heavy (non-hydrogen) atoms. The molecule has 2 aliphatic rings. The molecule has 1 amide bonds. The van der Waals surface area contributed by atoms with Gasteiger partial charge in [0.05, 0.1) is 11.6 Å². The molecule has 5 rings (SSSR count). The summed E-state index contributed by atoms with van der Waals surface area (Å²) in [5.41, 5.74) is 2.40. The van der Waals surface area contributed by atoms with Crippen LogP contribution >= 0.6 is 0 Å². The fourth-order valence-electron chi connectivity index (χ4n) is 4.81. The summed E-state index contributed by atoms with van der Waals surface area (Å²) in [6.07, 6.45) is -4.34. The molecule has 0 bridgehead atoms. The summed E-state index contributed by atoms with van der Waals surface area (Å²) in [7, 11) is 0. The standard InChI is InChI=1S/C28H22F3NO5/c1-15-5-3-6-17(11-15)24-23(25(33)18-9-10-22-19(13-18)12-16(2)36-22)26(34)27(35)32(24)20-7-4-8-21(14-20)37-28(29,30)31/h3-11,13-14,16,24,33H,12H2,1-2H3/b25-23-. The van der Waals surface area contributed by atoms with E-state index in [2.05, 4.69) is 4.74 Å². The number of aliphatic hydroxyl groups excluding tert-OH is 1. The van der Waals surface area contributed by atoms with Crippen LogP contribution in [-0.2, 0) is 16.0 Å². The Morgan fingerprint density at radius 2 is 1.81 bits per heavy atom. The number of halogens is 3. The van der Waals surface area contributed by atoms with Crippen LogP contribution in [0.2, 0.25) is 0 Å². The number of amides is 1. The number of alkyl halides is 3. The van der Waals surface area contributed by atoms with E-state index in [9.17, 15) is 27.9 Å². The van der Waals surface area contributed by atoms with Gasteiger partial charge in [0.2, 0.25) is 0 Å². The summed E-state index contributed by atoms with van der Waals surface area (Å²) in [5, 5.41) is 11.3. The van der Waals surface area contributed by atoms with Gasteiger partial charge >= 0.3 is 6.36 Å². The third-order valence-electron chi connectivity index (χ3n) is 6.30. The summed E-state index contributed by atoms with van der Waals surface area (Å²) < 4.78 is 48.3. The molecule has 2 heterocycles. The van der Waals surface area contributed by atoms with Crippen molar-refractivity contribution in [2.24, 2.45) is 0 Å². The van der Waals surface area contributed by atoms with Crippen LogP contribution in [0.25, 0.3) is 5.76 Å². The van der Waals surface area contributed by atoms with Gasteiger partial charge in [-0.25, -0.2) is 0 Å². The molecular weight excluding hydrogens is 487 g/mol. The largest absolute Gasteiger partial charge is 0.573 e. The third kappa shape index (κ3) is 4.64. The average molecular weight is 509 g/mol. The first kappa shape index (κ1) is 24.4. The monoisotopic (exact) mass is 509 g/mol. The summed E-state index contributed by atoms with van der Waals surface area (Å²) >= 11 is 0. The number of rotatable bonds is 4. The van der Waals surface area contributed by atoms with Crippen molar-refractivity contribution in [2.75, 3.05) is 4.90 Å². The fraction of sp³-hybridized carbons (Fsp3) is 0.214. The van der Waals surface area contributed by atoms with Crippen LogP contribution in [0.15, 0.2) is 72.3 Å². The lowest BCUT2D eigenvalue weighted by Gasteiger charge is -2.26. The van der Waals surface area contributed by atoms with Crippen molar-refractivity contribution >= 4 is 23.1 Å². The molecule has 2 atom stereocenters. The minimum atomic E-state index is -4.93. The van der Waals surface area contributed by atoms with Crippen LogP contribution in [0.5, 0.6) is 11.5 Å². The molecule has 0 spiro atoms. The van der Waals surface area contributed by atoms with Gasteiger partial charge in [-0.2, -0.15) is 0 Å². The molecule has 1 saturated heterocycles. The number of fused-ring (bicyclic) bond motifs is 1. The predicted octanol–water partition coefficient (Wildman–Crippen LogP) is 5.84. The maximum absolute atomic E-state index is 13.3. The highest BCUT2D eigenvalue weighted by atomic mass is 19.4. The highest BCUT2D eigenvalue weighted by molar-refractivity contribution is 6.51. The van der Waals surface area contributed by atoms with Crippen LogP contribution in [0.3, 0.4) is 0 Å². The molecule has 0 radical (unpaired) electrons. The zero-order valence-electron chi connectivity index (χ0n) is 19.9. The number of nitrogens with zero attached hydrogens (tertiary/aromatic N) is 1. The highest BCUT2D eigenvalue weighted by Crippen LogP contribution is 2.44. The van der Waals surface area contributed by atoms with Gasteiger partial charge in [-0.05, 0) is 55.3 Å². The quantitative estimate of drug-likeness (QED) is 0.272. The molecule has 0 saturated carbocycles. The van der Waals surface area contributed by atoms with Gasteiger partial charge in [0.1, 0.15) is 23.4 Å². The Labute approximate surface area is 210 Å². The van der Waals surface area contributed by atoms with E-state index in [0.717, 1.165) is 28.2 Å². The molecule has 0 aliphatic carbocycles. The van der Waals surface area contributed by atoms with E-state index in [1.807, 2.05) is 19.9 Å².